The normalized spacial score (nSPS) is 22.2. The highest BCUT2D eigenvalue weighted by atomic mass is 31.2. The van der Waals surface area contributed by atoms with Crippen molar-refractivity contribution >= 4 is 27.6 Å². The molecule has 0 aliphatic heterocycles. The molecule has 65 heavy (non-hydrogen) atoms. The summed E-state index contributed by atoms with van der Waals surface area (Å²) >= 11 is 0. The van der Waals surface area contributed by atoms with E-state index in [9.17, 15) is 53.8 Å². The molecule has 7 N–H and O–H groups in total. The number of phosphoric acid groups is 2. The molecule has 0 radical (unpaired) electrons. The van der Waals surface area contributed by atoms with Crippen LogP contribution < -0.4 is 0 Å². The number of aliphatic hydroxyl groups is 4. The van der Waals surface area contributed by atoms with E-state index in [2.05, 4.69) is 79.1 Å². The van der Waals surface area contributed by atoms with Gasteiger partial charge in [-0.1, -0.05) is 139 Å². The second-order valence-corrected chi connectivity index (χ2v) is 19.1. The molecule has 0 saturated heterocycles. The minimum atomic E-state index is -5.37. The Kier molecular flexibility index (Phi) is 35.2. The first-order chi connectivity index (χ1) is 31.1. The van der Waals surface area contributed by atoms with Crippen molar-refractivity contribution in [1.29, 1.82) is 0 Å². The number of carbonyl (C=O) groups is 2. The number of ether oxygens (including phenoxy) is 2. The summed E-state index contributed by atoms with van der Waals surface area (Å²) in [6, 6.07) is 0. The summed E-state index contributed by atoms with van der Waals surface area (Å²) in [4.78, 5) is 54.3. The van der Waals surface area contributed by atoms with Crippen molar-refractivity contribution in [1.82, 2.24) is 0 Å². The van der Waals surface area contributed by atoms with Gasteiger partial charge in [0.2, 0.25) is 0 Å². The molecule has 0 amide bonds. The molecule has 0 aromatic heterocycles. The predicted molar refractivity (Wildman–Crippen MR) is 250 cm³/mol. The standard InChI is InChI=1S/C47H82O16P2/c1-3-5-7-9-11-13-15-17-18-19-20-21-22-24-25-27-29-31-33-35-40(48)59-37-39(61-41(49)36-34-32-30-28-26-23-16-14-12-10-8-6-4-2)38-60-65(57,58)63-47-44(52)42(50)43(51)46(45(47)53)62-64(54,55)56/h8,10-11,13-14,16-18,20-21,39,42-47,50-53H,3-7,9,12,15,19,22-38H2,1-2H3,(H,57,58)(H2,54,55,56). The topological polar surface area (TPSA) is 256 Å². The smallest absolute Gasteiger partial charge is 0.462 e. The lowest BCUT2D eigenvalue weighted by molar-refractivity contribution is -0.216. The van der Waals surface area contributed by atoms with E-state index >= 15 is 0 Å². The summed E-state index contributed by atoms with van der Waals surface area (Å²) in [6.45, 7) is 2.99. The molecule has 1 fully saturated rings. The molecule has 18 heteroatoms. The Morgan fingerprint density at radius 1 is 0.492 bits per heavy atom. The van der Waals surface area contributed by atoms with Crippen LogP contribution >= 0.6 is 15.6 Å². The molecule has 1 rings (SSSR count). The average Bonchev–Trinajstić information content (AvgIpc) is 3.26. The van der Waals surface area contributed by atoms with Crippen LogP contribution in [0.3, 0.4) is 0 Å². The first kappa shape index (κ1) is 60.7. The van der Waals surface area contributed by atoms with Crippen molar-refractivity contribution in [2.75, 3.05) is 13.2 Å². The molecule has 1 aliphatic rings. The van der Waals surface area contributed by atoms with E-state index in [1.807, 2.05) is 0 Å². The van der Waals surface area contributed by atoms with Crippen molar-refractivity contribution in [3.05, 3.63) is 60.8 Å². The van der Waals surface area contributed by atoms with Gasteiger partial charge < -0.3 is 44.6 Å². The maximum atomic E-state index is 13.0. The fraction of sp³-hybridized carbons (Fsp3) is 0.745. The summed E-state index contributed by atoms with van der Waals surface area (Å²) in [7, 11) is -10.7. The van der Waals surface area contributed by atoms with Gasteiger partial charge in [-0.2, -0.15) is 0 Å². The maximum absolute atomic E-state index is 13.0. The van der Waals surface area contributed by atoms with E-state index in [1.165, 1.54) is 19.3 Å². The molecule has 1 saturated carbocycles. The summed E-state index contributed by atoms with van der Waals surface area (Å²) < 4.78 is 49.3. The maximum Gasteiger partial charge on any atom is 0.472 e. The van der Waals surface area contributed by atoms with Gasteiger partial charge >= 0.3 is 27.6 Å². The Hall–Kier alpha value is -2.30. The van der Waals surface area contributed by atoms with Crippen molar-refractivity contribution in [3.8, 4) is 0 Å². The number of hydrogen-bond acceptors (Lipinski definition) is 13. The Morgan fingerprint density at radius 3 is 1.42 bits per heavy atom. The first-order valence-electron chi connectivity index (χ1n) is 23.8. The summed E-state index contributed by atoms with van der Waals surface area (Å²) in [5.74, 6) is -1.24. The van der Waals surface area contributed by atoms with E-state index in [0.29, 0.717) is 12.8 Å². The molecule has 0 bridgehead atoms. The van der Waals surface area contributed by atoms with Crippen LogP contribution in [0.1, 0.15) is 168 Å². The molecule has 0 aromatic carbocycles. The third-order valence-electron chi connectivity index (χ3n) is 10.5. The van der Waals surface area contributed by atoms with Gasteiger partial charge in [-0.3, -0.25) is 23.2 Å². The molecule has 0 heterocycles. The number of rotatable bonds is 39. The van der Waals surface area contributed by atoms with E-state index in [0.717, 1.165) is 109 Å². The number of phosphoric ester groups is 2. The molecule has 376 valence electrons. The molecule has 8 atom stereocenters. The molecular weight excluding hydrogens is 882 g/mol. The van der Waals surface area contributed by atoms with Gasteiger partial charge in [0.15, 0.2) is 6.10 Å². The van der Waals surface area contributed by atoms with Gasteiger partial charge in [0.25, 0.3) is 0 Å². The van der Waals surface area contributed by atoms with Crippen LogP contribution in [0.15, 0.2) is 60.8 Å². The summed E-state index contributed by atoms with van der Waals surface area (Å²) in [5, 5.41) is 41.2. The summed E-state index contributed by atoms with van der Waals surface area (Å²) in [5.41, 5.74) is 0. The van der Waals surface area contributed by atoms with Crippen LogP contribution in [0.25, 0.3) is 0 Å². The summed E-state index contributed by atoms with van der Waals surface area (Å²) in [6.07, 6.45) is 28.9. The average molecular weight is 965 g/mol. The van der Waals surface area contributed by atoms with Gasteiger partial charge in [-0.15, -0.1) is 0 Å². The van der Waals surface area contributed by atoms with Gasteiger partial charge in [-0.05, 0) is 77.0 Å². The molecule has 8 unspecified atom stereocenters. The Balaban J connectivity index is 2.59. The largest absolute Gasteiger partial charge is 0.472 e. The van der Waals surface area contributed by atoms with E-state index < -0.39 is 83.5 Å². The van der Waals surface area contributed by atoms with Crippen LogP contribution in [0.5, 0.6) is 0 Å². The molecule has 1 aliphatic carbocycles. The minimum Gasteiger partial charge on any atom is -0.462 e. The van der Waals surface area contributed by atoms with Crippen molar-refractivity contribution < 1.29 is 76.9 Å². The van der Waals surface area contributed by atoms with Crippen molar-refractivity contribution in [2.24, 2.45) is 0 Å². The van der Waals surface area contributed by atoms with Gasteiger partial charge in [0.05, 0.1) is 6.61 Å². The van der Waals surface area contributed by atoms with Crippen molar-refractivity contribution in [2.45, 2.75) is 211 Å². The third-order valence-corrected chi connectivity index (χ3v) is 12.0. The van der Waals surface area contributed by atoms with E-state index in [4.69, 9.17) is 18.5 Å². The highest BCUT2D eigenvalue weighted by Crippen LogP contribution is 2.49. The number of allylic oxidation sites excluding steroid dienone is 10. The van der Waals surface area contributed by atoms with Crippen LogP contribution in [0.2, 0.25) is 0 Å². The van der Waals surface area contributed by atoms with E-state index in [1.54, 1.807) is 0 Å². The number of esters is 2. The fourth-order valence-corrected chi connectivity index (χ4v) is 8.37. The zero-order valence-electron chi connectivity index (χ0n) is 38.9. The highest BCUT2D eigenvalue weighted by Gasteiger charge is 2.54. The monoisotopic (exact) mass is 965 g/mol. The fourth-order valence-electron chi connectivity index (χ4n) is 6.83. The lowest BCUT2D eigenvalue weighted by Crippen LogP contribution is -2.64. The Labute approximate surface area is 388 Å². The lowest BCUT2D eigenvalue weighted by atomic mass is 9.85. The van der Waals surface area contributed by atoms with Gasteiger partial charge in [0, 0.05) is 12.8 Å². The Bertz CT molecular complexity index is 1490. The van der Waals surface area contributed by atoms with Gasteiger partial charge in [-0.25, -0.2) is 9.13 Å². The lowest BCUT2D eigenvalue weighted by Gasteiger charge is -2.43. The van der Waals surface area contributed by atoms with Crippen LogP contribution in [0.4, 0.5) is 0 Å². The van der Waals surface area contributed by atoms with Crippen molar-refractivity contribution in [3.63, 3.8) is 0 Å². The van der Waals surface area contributed by atoms with E-state index in [-0.39, 0.29) is 12.8 Å². The quantitative estimate of drug-likeness (QED) is 0.0131. The Morgan fingerprint density at radius 2 is 0.923 bits per heavy atom. The number of unbranched alkanes of at least 4 members (excludes halogenated alkanes) is 15. The molecule has 0 spiro atoms. The molecule has 16 nitrogen and oxygen atoms in total. The van der Waals surface area contributed by atoms with Crippen LogP contribution in [-0.2, 0) is 41.8 Å². The minimum absolute atomic E-state index is 0.0222. The zero-order chi connectivity index (χ0) is 48.2. The molecule has 0 aromatic rings. The van der Waals surface area contributed by atoms with Crippen LogP contribution in [-0.4, -0.2) is 103 Å². The predicted octanol–water partition coefficient (Wildman–Crippen LogP) is 9.06. The second-order valence-electron chi connectivity index (χ2n) is 16.5. The number of hydrogen-bond donors (Lipinski definition) is 7. The van der Waals surface area contributed by atoms with Crippen LogP contribution in [0, 0.1) is 0 Å². The second kappa shape index (κ2) is 37.7. The molecular formula is C47H82O16P2. The SMILES string of the molecule is CCCC=CCC=CCCCCCCCC(=O)OC(COC(=O)CCCCCCCCC=CCC=CCC=CCCCCC)COP(=O)(O)OC1C(O)C(O)C(O)C(OP(=O)(O)O)C1O. The number of aliphatic hydroxyl groups excluding tert-OH is 4. The van der Waals surface area contributed by atoms with Gasteiger partial charge in [0.1, 0.15) is 43.2 Å². The highest BCUT2D eigenvalue weighted by molar-refractivity contribution is 7.47. The first-order valence-corrected chi connectivity index (χ1v) is 26.9. The third kappa shape index (κ3) is 32.2. The number of carbonyl (C=O) groups excluding carboxylic acids is 2. The zero-order valence-corrected chi connectivity index (χ0v) is 40.7.